The summed E-state index contributed by atoms with van der Waals surface area (Å²) in [5.74, 6) is 0.337. The van der Waals surface area contributed by atoms with E-state index in [0.717, 1.165) is 12.8 Å². The third-order valence-corrected chi connectivity index (χ3v) is 6.66. The second-order valence-electron chi connectivity index (χ2n) is 4.47. The van der Waals surface area contributed by atoms with Crippen LogP contribution in [0.2, 0.25) is 0 Å². The molecular formula is C11H18N2O2S2. The van der Waals surface area contributed by atoms with Gasteiger partial charge in [-0.1, -0.05) is 13.0 Å². The summed E-state index contributed by atoms with van der Waals surface area (Å²) in [6.07, 6.45) is 1.97. The van der Waals surface area contributed by atoms with Gasteiger partial charge >= 0.3 is 0 Å². The van der Waals surface area contributed by atoms with Crippen LogP contribution in [0, 0.1) is 5.92 Å². The van der Waals surface area contributed by atoms with E-state index in [4.69, 9.17) is 5.73 Å². The fraction of sp³-hybridized carbons (Fsp3) is 0.636. The van der Waals surface area contributed by atoms with E-state index in [-0.39, 0.29) is 6.04 Å². The molecule has 0 bridgehead atoms. The molecule has 2 atom stereocenters. The zero-order valence-electron chi connectivity index (χ0n) is 9.87. The maximum absolute atomic E-state index is 12.4. The molecule has 0 amide bonds. The number of hydrogen-bond donors (Lipinski definition) is 1. The van der Waals surface area contributed by atoms with Crippen molar-refractivity contribution in [3.05, 3.63) is 17.5 Å². The Morgan fingerprint density at radius 1 is 1.59 bits per heavy atom. The second kappa shape index (κ2) is 5.06. The second-order valence-corrected chi connectivity index (χ2v) is 7.54. The summed E-state index contributed by atoms with van der Waals surface area (Å²) in [6, 6.07) is 3.37. The van der Waals surface area contributed by atoms with E-state index in [1.807, 2.05) is 0 Å². The van der Waals surface area contributed by atoms with Crippen LogP contribution in [-0.2, 0) is 10.0 Å². The molecule has 0 saturated carbocycles. The van der Waals surface area contributed by atoms with Crippen molar-refractivity contribution in [3.8, 4) is 0 Å². The lowest BCUT2D eigenvalue weighted by atomic mass is 9.93. The zero-order valence-corrected chi connectivity index (χ0v) is 11.5. The van der Waals surface area contributed by atoms with Crippen LogP contribution >= 0.6 is 11.3 Å². The lowest BCUT2D eigenvalue weighted by Crippen LogP contribution is -2.51. The monoisotopic (exact) mass is 274 g/mol. The zero-order chi connectivity index (χ0) is 12.5. The van der Waals surface area contributed by atoms with Crippen molar-refractivity contribution in [1.82, 2.24) is 4.31 Å². The van der Waals surface area contributed by atoms with Crippen LogP contribution in [0.1, 0.15) is 19.8 Å². The lowest BCUT2D eigenvalue weighted by molar-refractivity contribution is 0.193. The molecule has 0 spiro atoms. The molecule has 2 rings (SSSR count). The summed E-state index contributed by atoms with van der Waals surface area (Å²) in [4.78, 5) is 0. The van der Waals surface area contributed by atoms with Crippen LogP contribution < -0.4 is 5.73 Å². The van der Waals surface area contributed by atoms with Gasteiger partial charge in [-0.05, 0) is 30.2 Å². The Hall–Kier alpha value is -0.430. The van der Waals surface area contributed by atoms with E-state index < -0.39 is 10.0 Å². The summed E-state index contributed by atoms with van der Waals surface area (Å²) in [5, 5.41) is 1.79. The highest BCUT2D eigenvalue weighted by atomic mass is 32.2. The summed E-state index contributed by atoms with van der Waals surface area (Å²) in [7, 11) is -3.34. The number of piperidine rings is 1. The first-order valence-electron chi connectivity index (χ1n) is 5.83. The molecule has 0 radical (unpaired) electrons. The molecule has 4 nitrogen and oxygen atoms in total. The first-order chi connectivity index (χ1) is 8.07. The van der Waals surface area contributed by atoms with Gasteiger partial charge in [0.05, 0.1) is 0 Å². The molecule has 2 N–H and O–H groups in total. The molecule has 0 aliphatic carbocycles. The van der Waals surface area contributed by atoms with Crippen molar-refractivity contribution in [2.75, 3.05) is 13.1 Å². The van der Waals surface area contributed by atoms with Crippen molar-refractivity contribution in [2.45, 2.75) is 30.0 Å². The number of sulfonamides is 1. The fourth-order valence-corrected chi connectivity index (χ4v) is 5.28. The van der Waals surface area contributed by atoms with Crippen molar-refractivity contribution < 1.29 is 8.42 Å². The van der Waals surface area contributed by atoms with Gasteiger partial charge < -0.3 is 5.73 Å². The van der Waals surface area contributed by atoms with Crippen molar-refractivity contribution in [1.29, 1.82) is 0 Å². The highest BCUT2D eigenvalue weighted by molar-refractivity contribution is 7.91. The van der Waals surface area contributed by atoms with Gasteiger partial charge in [0.2, 0.25) is 0 Å². The molecule has 2 heterocycles. The Bertz CT molecular complexity index is 456. The lowest BCUT2D eigenvalue weighted by Gasteiger charge is -2.37. The average molecular weight is 274 g/mol. The molecule has 0 aromatic carbocycles. The van der Waals surface area contributed by atoms with Gasteiger partial charge in [-0.2, -0.15) is 4.31 Å². The Kier molecular flexibility index (Phi) is 3.87. The minimum Gasteiger partial charge on any atom is -0.329 e. The van der Waals surface area contributed by atoms with Gasteiger partial charge in [-0.25, -0.2) is 8.42 Å². The molecule has 1 fully saturated rings. The van der Waals surface area contributed by atoms with Crippen molar-refractivity contribution in [2.24, 2.45) is 11.7 Å². The predicted molar refractivity (Wildman–Crippen MR) is 69.5 cm³/mol. The highest BCUT2D eigenvalue weighted by Gasteiger charge is 2.36. The van der Waals surface area contributed by atoms with Crippen LogP contribution in [0.25, 0.3) is 0 Å². The smallest absolute Gasteiger partial charge is 0.252 e. The first-order valence-corrected chi connectivity index (χ1v) is 8.14. The van der Waals surface area contributed by atoms with Crippen molar-refractivity contribution in [3.63, 3.8) is 0 Å². The number of rotatable bonds is 3. The van der Waals surface area contributed by atoms with E-state index in [2.05, 4.69) is 6.92 Å². The third kappa shape index (κ3) is 2.40. The molecule has 96 valence electrons. The van der Waals surface area contributed by atoms with Gasteiger partial charge in [-0.3, -0.25) is 0 Å². The van der Waals surface area contributed by atoms with Gasteiger partial charge in [-0.15, -0.1) is 11.3 Å². The van der Waals surface area contributed by atoms with Gasteiger partial charge in [0.25, 0.3) is 10.0 Å². The van der Waals surface area contributed by atoms with E-state index in [0.29, 0.717) is 23.2 Å². The highest BCUT2D eigenvalue weighted by Crippen LogP contribution is 2.30. The Morgan fingerprint density at radius 2 is 2.35 bits per heavy atom. The van der Waals surface area contributed by atoms with E-state index in [1.54, 1.807) is 21.8 Å². The van der Waals surface area contributed by atoms with Gasteiger partial charge in [0, 0.05) is 19.1 Å². The number of hydrogen-bond acceptors (Lipinski definition) is 4. The van der Waals surface area contributed by atoms with E-state index >= 15 is 0 Å². The van der Waals surface area contributed by atoms with Gasteiger partial charge in [0.15, 0.2) is 0 Å². The van der Waals surface area contributed by atoms with Crippen LogP contribution in [0.4, 0.5) is 0 Å². The van der Waals surface area contributed by atoms with E-state index in [1.165, 1.54) is 11.3 Å². The van der Waals surface area contributed by atoms with Crippen LogP contribution in [-0.4, -0.2) is 31.9 Å². The summed E-state index contributed by atoms with van der Waals surface area (Å²) in [5.41, 5.74) is 5.73. The van der Waals surface area contributed by atoms with Crippen LogP contribution in [0.15, 0.2) is 21.7 Å². The Morgan fingerprint density at radius 3 is 2.94 bits per heavy atom. The predicted octanol–water partition coefficient (Wildman–Crippen LogP) is 1.50. The van der Waals surface area contributed by atoms with E-state index in [9.17, 15) is 8.42 Å². The molecule has 1 saturated heterocycles. The summed E-state index contributed by atoms with van der Waals surface area (Å²) >= 11 is 1.27. The molecule has 1 aromatic heterocycles. The summed E-state index contributed by atoms with van der Waals surface area (Å²) in [6.45, 7) is 3.06. The average Bonchev–Trinajstić information content (AvgIpc) is 2.82. The summed E-state index contributed by atoms with van der Waals surface area (Å²) < 4.78 is 26.9. The third-order valence-electron chi connectivity index (χ3n) is 3.36. The maximum Gasteiger partial charge on any atom is 0.252 e. The fourth-order valence-electron chi connectivity index (χ4n) is 2.39. The topological polar surface area (TPSA) is 63.4 Å². The molecule has 1 aliphatic rings. The standard InChI is InChI=1S/C11H18N2O2S2/c1-9-4-2-6-13(10(9)8-12)17(14,15)11-5-3-7-16-11/h3,5,7,9-10H,2,4,6,8,12H2,1H3/t9-,10-/m0/s1. The molecule has 1 aromatic rings. The van der Waals surface area contributed by atoms with Crippen LogP contribution in [0.5, 0.6) is 0 Å². The Balaban J connectivity index is 2.32. The van der Waals surface area contributed by atoms with Crippen LogP contribution in [0.3, 0.4) is 0 Å². The van der Waals surface area contributed by atoms with Crippen molar-refractivity contribution >= 4 is 21.4 Å². The molecule has 6 heteroatoms. The number of thiophene rings is 1. The molecule has 17 heavy (non-hydrogen) atoms. The number of nitrogens with zero attached hydrogens (tertiary/aromatic N) is 1. The molecule has 1 aliphatic heterocycles. The quantitative estimate of drug-likeness (QED) is 0.908. The SMILES string of the molecule is C[C@H]1CCCN(S(=O)(=O)c2cccs2)[C@H]1CN. The Labute approximate surface area is 106 Å². The molecular weight excluding hydrogens is 256 g/mol. The normalized spacial score (nSPS) is 27.2. The maximum atomic E-state index is 12.4. The number of nitrogens with two attached hydrogens (primary N) is 1. The van der Waals surface area contributed by atoms with Gasteiger partial charge in [0.1, 0.15) is 4.21 Å². The molecule has 0 unspecified atom stereocenters. The minimum absolute atomic E-state index is 0.0594. The largest absolute Gasteiger partial charge is 0.329 e. The first kappa shape index (κ1) is 13.0. The minimum atomic E-state index is -3.34.